The molecule has 0 unspecified atom stereocenters. The van der Waals surface area contributed by atoms with Crippen molar-refractivity contribution >= 4 is 0 Å². The molecule has 0 spiro atoms. The monoisotopic (exact) mass is 297 g/mol. The summed E-state index contributed by atoms with van der Waals surface area (Å²) in [6.45, 7) is 4.10. The van der Waals surface area contributed by atoms with E-state index in [9.17, 15) is 0 Å². The highest BCUT2D eigenvalue weighted by Crippen LogP contribution is 2.14. The highest BCUT2D eigenvalue weighted by molar-refractivity contribution is 4.66. The quantitative estimate of drug-likeness (QED) is 0.274. The summed E-state index contributed by atoms with van der Waals surface area (Å²) in [4.78, 5) is 0. The number of hydrogen-bond acceptors (Lipinski definition) is 1. The topological polar surface area (TPSA) is 20.2 Å². The van der Waals surface area contributed by atoms with Gasteiger partial charge in [-0.15, -0.1) is 0 Å². The summed E-state index contributed by atoms with van der Waals surface area (Å²) >= 11 is 0. The van der Waals surface area contributed by atoms with Crippen molar-refractivity contribution in [3.8, 4) is 0 Å². The van der Waals surface area contributed by atoms with Gasteiger partial charge >= 0.3 is 0 Å². The molecule has 0 bridgehead atoms. The molecule has 1 heteroatoms. The predicted molar refractivity (Wildman–Crippen MR) is 95.0 cm³/mol. The van der Waals surface area contributed by atoms with E-state index < -0.39 is 0 Å². The second kappa shape index (κ2) is 18.0. The summed E-state index contributed by atoms with van der Waals surface area (Å²) in [7, 11) is 0. The van der Waals surface area contributed by atoms with E-state index in [-0.39, 0.29) is 0 Å². The second-order valence-electron chi connectivity index (χ2n) is 6.79. The summed E-state index contributed by atoms with van der Waals surface area (Å²) < 4.78 is 0. The lowest BCUT2D eigenvalue weighted by molar-refractivity contribution is 0.290. The van der Waals surface area contributed by atoms with Crippen LogP contribution in [0.1, 0.15) is 123 Å². The molecule has 127 valence electrons. The normalized spacial score (nSPS) is 11.4. The molecular formula is C20H41O. The first kappa shape index (κ1) is 21.0. The van der Waals surface area contributed by atoms with E-state index in [2.05, 4.69) is 6.92 Å². The summed E-state index contributed by atoms with van der Waals surface area (Å²) in [6.07, 6.45) is 24.0. The van der Waals surface area contributed by atoms with Gasteiger partial charge in [0.1, 0.15) is 0 Å². The Morgan fingerprint density at radius 3 is 1.10 bits per heavy atom. The third-order valence-corrected chi connectivity index (χ3v) is 4.39. The third-order valence-electron chi connectivity index (χ3n) is 4.39. The zero-order valence-electron chi connectivity index (χ0n) is 15.0. The van der Waals surface area contributed by atoms with Gasteiger partial charge in [-0.3, -0.25) is 0 Å². The van der Waals surface area contributed by atoms with Crippen LogP contribution in [-0.4, -0.2) is 5.11 Å². The molecule has 0 aliphatic heterocycles. The van der Waals surface area contributed by atoms with Crippen molar-refractivity contribution in [2.45, 2.75) is 123 Å². The first-order valence-electron chi connectivity index (χ1n) is 9.78. The Morgan fingerprint density at radius 2 is 0.810 bits per heavy atom. The lowest BCUT2D eigenvalue weighted by atomic mass is 10.0. The minimum absolute atomic E-state index is 0.598. The SMILES string of the molecule is CCCCCCCCCCCCCCCCCC[C](C)O. The van der Waals surface area contributed by atoms with Crippen LogP contribution in [0.2, 0.25) is 0 Å². The highest BCUT2D eigenvalue weighted by atomic mass is 16.3. The fourth-order valence-corrected chi connectivity index (χ4v) is 2.93. The van der Waals surface area contributed by atoms with E-state index in [1.165, 1.54) is 103 Å². The molecule has 0 aromatic rings. The van der Waals surface area contributed by atoms with Gasteiger partial charge in [0.2, 0.25) is 0 Å². The Hall–Kier alpha value is -0.0400. The molecule has 0 amide bonds. The second-order valence-corrected chi connectivity index (χ2v) is 6.79. The largest absolute Gasteiger partial charge is 0.387 e. The zero-order chi connectivity index (χ0) is 15.6. The molecule has 0 aromatic carbocycles. The lowest BCUT2D eigenvalue weighted by Crippen LogP contribution is -1.88. The zero-order valence-corrected chi connectivity index (χ0v) is 15.0. The molecule has 1 N–H and O–H groups in total. The van der Waals surface area contributed by atoms with Crippen molar-refractivity contribution in [2.24, 2.45) is 0 Å². The van der Waals surface area contributed by atoms with Crippen LogP contribution in [-0.2, 0) is 0 Å². The van der Waals surface area contributed by atoms with Crippen LogP contribution in [0, 0.1) is 6.10 Å². The van der Waals surface area contributed by atoms with Gasteiger partial charge in [0.25, 0.3) is 0 Å². The molecule has 0 heterocycles. The summed E-state index contributed by atoms with van der Waals surface area (Å²) in [6, 6.07) is 0. The first-order valence-corrected chi connectivity index (χ1v) is 9.78. The molecule has 0 aromatic heterocycles. The van der Waals surface area contributed by atoms with Crippen LogP contribution < -0.4 is 0 Å². The molecule has 0 rings (SSSR count). The number of hydrogen-bond donors (Lipinski definition) is 1. The number of aliphatic hydroxyl groups excluding tert-OH is 1. The van der Waals surface area contributed by atoms with E-state index in [0.29, 0.717) is 6.10 Å². The molecule has 21 heavy (non-hydrogen) atoms. The smallest absolute Gasteiger partial charge is 0.0902 e. The van der Waals surface area contributed by atoms with Gasteiger partial charge in [-0.1, -0.05) is 110 Å². The van der Waals surface area contributed by atoms with Gasteiger partial charge in [-0.2, -0.15) is 0 Å². The Morgan fingerprint density at radius 1 is 0.524 bits per heavy atom. The van der Waals surface area contributed by atoms with Crippen molar-refractivity contribution in [1.82, 2.24) is 0 Å². The maximum absolute atomic E-state index is 9.08. The number of unbranched alkanes of at least 4 members (excludes halogenated alkanes) is 15. The van der Waals surface area contributed by atoms with E-state index in [4.69, 9.17) is 5.11 Å². The van der Waals surface area contributed by atoms with Crippen molar-refractivity contribution in [3.05, 3.63) is 6.10 Å². The minimum Gasteiger partial charge on any atom is -0.387 e. The first-order chi connectivity index (χ1) is 10.3. The molecule has 0 aliphatic rings. The van der Waals surface area contributed by atoms with Crippen LogP contribution in [0.25, 0.3) is 0 Å². The van der Waals surface area contributed by atoms with Gasteiger partial charge in [0.15, 0.2) is 0 Å². The standard InChI is InChI=1S/C20H41O/c1-3-4-5-6-7-8-9-10-11-12-13-14-15-16-17-18-19-20(2)21/h21H,3-19H2,1-2H3. The Bertz CT molecular complexity index is 177. The van der Waals surface area contributed by atoms with E-state index in [1.54, 1.807) is 0 Å². The lowest BCUT2D eigenvalue weighted by Gasteiger charge is -2.04. The summed E-state index contributed by atoms with van der Waals surface area (Å²) in [5, 5.41) is 9.08. The Kier molecular flexibility index (Phi) is 18.0. The summed E-state index contributed by atoms with van der Waals surface area (Å²) in [5.74, 6) is 0. The van der Waals surface area contributed by atoms with Crippen LogP contribution >= 0.6 is 0 Å². The van der Waals surface area contributed by atoms with Crippen LogP contribution in [0.3, 0.4) is 0 Å². The maximum atomic E-state index is 9.08. The van der Waals surface area contributed by atoms with Gasteiger partial charge in [-0.25, -0.2) is 0 Å². The van der Waals surface area contributed by atoms with Crippen molar-refractivity contribution in [2.75, 3.05) is 0 Å². The van der Waals surface area contributed by atoms with E-state index >= 15 is 0 Å². The molecule has 1 nitrogen and oxygen atoms in total. The van der Waals surface area contributed by atoms with Gasteiger partial charge in [0, 0.05) is 0 Å². The van der Waals surface area contributed by atoms with E-state index in [0.717, 1.165) is 6.42 Å². The number of rotatable bonds is 17. The van der Waals surface area contributed by atoms with Crippen molar-refractivity contribution in [1.29, 1.82) is 0 Å². The van der Waals surface area contributed by atoms with Crippen molar-refractivity contribution in [3.63, 3.8) is 0 Å². The Balaban J connectivity index is 2.93. The van der Waals surface area contributed by atoms with Gasteiger partial charge in [-0.05, 0) is 13.3 Å². The Labute approximate surface area is 134 Å². The van der Waals surface area contributed by atoms with Crippen LogP contribution in [0.4, 0.5) is 0 Å². The van der Waals surface area contributed by atoms with Gasteiger partial charge in [0.05, 0.1) is 6.10 Å². The summed E-state index contributed by atoms with van der Waals surface area (Å²) in [5.41, 5.74) is 0. The predicted octanol–water partition coefficient (Wildman–Crippen LogP) is 7.56. The molecule has 0 saturated heterocycles. The fraction of sp³-hybridized carbons (Fsp3) is 0.950. The van der Waals surface area contributed by atoms with Crippen LogP contribution in [0.5, 0.6) is 0 Å². The number of aliphatic hydroxyl groups is 1. The highest BCUT2D eigenvalue weighted by Gasteiger charge is 1.97. The third kappa shape index (κ3) is 20.0. The average molecular weight is 298 g/mol. The van der Waals surface area contributed by atoms with Crippen LogP contribution in [0.15, 0.2) is 0 Å². The molecule has 1 radical (unpaired) electrons. The van der Waals surface area contributed by atoms with Gasteiger partial charge < -0.3 is 5.11 Å². The molecule has 0 atom stereocenters. The molecule has 0 fully saturated rings. The average Bonchev–Trinajstić information content (AvgIpc) is 2.46. The molecule has 0 saturated carbocycles. The molecular weight excluding hydrogens is 256 g/mol. The van der Waals surface area contributed by atoms with E-state index in [1.807, 2.05) is 6.92 Å². The van der Waals surface area contributed by atoms with Crippen molar-refractivity contribution < 1.29 is 5.11 Å². The fourth-order valence-electron chi connectivity index (χ4n) is 2.93. The minimum atomic E-state index is 0.598. The molecule has 0 aliphatic carbocycles. The maximum Gasteiger partial charge on any atom is 0.0902 e.